The quantitative estimate of drug-likeness (QED) is 0.240. The van der Waals surface area contributed by atoms with Crippen molar-refractivity contribution >= 4 is 17.2 Å². The molecule has 0 atom stereocenters. The van der Waals surface area contributed by atoms with Crippen LogP contribution in [0, 0.1) is 0 Å². The van der Waals surface area contributed by atoms with E-state index in [0.29, 0.717) is 0 Å². The fourth-order valence-corrected chi connectivity index (χ4v) is 0. The molecule has 6 N–H and O–H groups in total. The average Bonchev–Trinajstić information content (AvgIpc) is 1.25. The molecule has 0 saturated heterocycles. The van der Waals surface area contributed by atoms with Gasteiger partial charge in [0.1, 0.15) is 0 Å². The van der Waals surface area contributed by atoms with Crippen LogP contribution in [0.4, 0.5) is 18.8 Å². The second-order valence-corrected chi connectivity index (χ2v) is 1.61. The van der Waals surface area contributed by atoms with E-state index in [4.69, 9.17) is 29.4 Å². The van der Waals surface area contributed by atoms with Crippen molar-refractivity contribution in [2.45, 2.75) is 0 Å². The summed E-state index contributed by atoms with van der Waals surface area (Å²) in [6.07, 6.45) is 0. The van der Waals surface area contributed by atoms with Crippen LogP contribution in [0.1, 0.15) is 0 Å². The van der Waals surface area contributed by atoms with Gasteiger partial charge in [0.25, 0.3) is 0 Å². The molecule has 0 aromatic carbocycles. The summed E-state index contributed by atoms with van der Waals surface area (Å²) in [6, 6.07) is 0. The van der Waals surface area contributed by atoms with Gasteiger partial charge in [0.05, 0.1) is 0 Å². The molecule has 12 heavy (non-hydrogen) atoms. The van der Waals surface area contributed by atoms with Gasteiger partial charge < -0.3 is 29.4 Å². The second kappa shape index (κ2) is 30.2. The minimum atomic E-state index is -2.62. The third-order valence-electron chi connectivity index (χ3n) is 0. The Morgan fingerprint density at radius 3 is 0.417 bits per heavy atom. The molecular formula is H10F4O6P2. The molecule has 0 aromatic heterocycles. The van der Waals surface area contributed by atoms with Crippen LogP contribution in [0.3, 0.4) is 0 Å². The summed E-state index contributed by atoms with van der Waals surface area (Å²) in [7, 11) is -5.24. The molecule has 0 aliphatic heterocycles. The number of rotatable bonds is 0. The Kier molecular flexibility index (Phi) is 99.2. The molecule has 0 unspecified atom stereocenters. The van der Waals surface area contributed by atoms with Crippen LogP contribution >= 0.6 is 17.2 Å². The molecular weight excluding hydrogens is 234 g/mol. The highest BCUT2D eigenvalue weighted by Gasteiger charge is 1.76. The lowest BCUT2D eigenvalue weighted by atomic mass is 15.8. The number of hydrogen-bond donors (Lipinski definition) is 6. The van der Waals surface area contributed by atoms with E-state index in [1.165, 1.54) is 0 Å². The first-order valence-electron chi connectivity index (χ1n) is 1.20. The maximum absolute atomic E-state index is 7.23. The molecule has 84 valence electrons. The van der Waals surface area contributed by atoms with E-state index in [0.717, 1.165) is 0 Å². The highest BCUT2D eigenvalue weighted by Crippen LogP contribution is 2.12. The zero-order chi connectivity index (χ0) is 7.15. The second-order valence-electron chi connectivity index (χ2n) is 0.537. The summed E-state index contributed by atoms with van der Waals surface area (Å²) in [5, 5.41) is 0. The van der Waals surface area contributed by atoms with Gasteiger partial charge in [0.15, 0.2) is 0 Å². The predicted octanol–water partition coefficient (Wildman–Crippen LogP) is -1.01. The molecule has 0 heterocycles. The van der Waals surface area contributed by atoms with Crippen molar-refractivity contribution in [2.24, 2.45) is 0 Å². The van der Waals surface area contributed by atoms with Crippen LogP contribution in [0.15, 0.2) is 0 Å². The molecule has 0 aromatic rings. The molecule has 0 amide bonds. The third kappa shape index (κ3) is 7800. The lowest BCUT2D eigenvalue weighted by molar-refractivity contribution is 0.366. The summed E-state index contributed by atoms with van der Waals surface area (Å²) in [5.74, 6) is 0. The minimum Gasteiger partial charge on any atom is -0.328 e. The van der Waals surface area contributed by atoms with Gasteiger partial charge in [-0.05, 0) is 0 Å². The summed E-state index contributed by atoms with van der Waals surface area (Å²) in [4.78, 5) is 43.4. The summed E-state index contributed by atoms with van der Waals surface area (Å²) in [5.41, 5.74) is 0. The molecule has 0 radical (unpaired) electrons. The van der Waals surface area contributed by atoms with E-state index in [2.05, 4.69) is 0 Å². The molecule has 0 fully saturated rings. The SMILES string of the molecule is F.F.F.F.OP(O)O.OP(O)O. The Morgan fingerprint density at radius 2 is 0.417 bits per heavy atom. The molecule has 0 aliphatic rings. The zero-order valence-electron chi connectivity index (χ0n) is 5.21. The Bertz CT molecular complexity index is 33.0. The first-order chi connectivity index (χ1) is 3.46. The van der Waals surface area contributed by atoms with Crippen molar-refractivity contribution in [3.05, 3.63) is 0 Å². The highest BCUT2D eigenvalue weighted by molar-refractivity contribution is 7.38. The monoisotopic (exact) mass is 244 g/mol. The van der Waals surface area contributed by atoms with Gasteiger partial charge in [-0.2, -0.15) is 0 Å². The minimum absolute atomic E-state index is 0. The molecule has 0 bridgehead atoms. The van der Waals surface area contributed by atoms with Gasteiger partial charge in [0, 0.05) is 0 Å². The van der Waals surface area contributed by atoms with E-state index in [9.17, 15) is 0 Å². The van der Waals surface area contributed by atoms with E-state index in [1.807, 2.05) is 0 Å². The highest BCUT2D eigenvalue weighted by atomic mass is 31.2. The van der Waals surface area contributed by atoms with E-state index < -0.39 is 17.2 Å². The van der Waals surface area contributed by atoms with Crippen molar-refractivity contribution in [2.75, 3.05) is 0 Å². The normalized spacial score (nSPS) is 6.00. The first kappa shape index (κ1) is 39.5. The number of hydrogen-bond acceptors (Lipinski definition) is 6. The molecule has 0 aliphatic carbocycles. The number of halogens is 4. The van der Waals surface area contributed by atoms with Crippen molar-refractivity contribution in [1.29, 1.82) is 0 Å². The Hall–Kier alpha value is 0.340. The van der Waals surface area contributed by atoms with Gasteiger partial charge in [0.2, 0.25) is 0 Å². The van der Waals surface area contributed by atoms with Gasteiger partial charge in [-0.1, -0.05) is 0 Å². The van der Waals surface area contributed by atoms with E-state index in [-0.39, 0.29) is 18.8 Å². The average molecular weight is 244 g/mol. The molecule has 0 rings (SSSR count). The predicted molar refractivity (Wildman–Crippen MR) is 37.2 cm³/mol. The van der Waals surface area contributed by atoms with Gasteiger partial charge in [-0.15, -0.1) is 0 Å². The van der Waals surface area contributed by atoms with Crippen molar-refractivity contribution in [3.8, 4) is 0 Å². The van der Waals surface area contributed by atoms with E-state index in [1.54, 1.807) is 0 Å². The maximum Gasteiger partial charge on any atom is 0.324 e. The van der Waals surface area contributed by atoms with Crippen molar-refractivity contribution < 1.29 is 48.2 Å². The van der Waals surface area contributed by atoms with Crippen LogP contribution in [0.2, 0.25) is 0 Å². The largest absolute Gasteiger partial charge is 0.328 e. The molecule has 6 nitrogen and oxygen atoms in total. The first-order valence-corrected chi connectivity index (χ1v) is 3.60. The van der Waals surface area contributed by atoms with Crippen LogP contribution < -0.4 is 0 Å². The van der Waals surface area contributed by atoms with Crippen LogP contribution in [0.5, 0.6) is 0 Å². The lowest BCUT2D eigenvalue weighted by Gasteiger charge is -1.76. The lowest BCUT2D eigenvalue weighted by Crippen LogP contribution is -1.54. The van der Waals surface area contributed by atoms with Gasteiger partial charge >= 0.3 is 17.2 Å². The summed E-state index contributed by atoms with van der Waals surface area (Å²) < 4.78 is 0. The van der Waals surface area contributed by atoms with E-state index >= 15 is 0 Å². The smallest absolute Gasteiger partial charge is 0.324 e. The zero-order valence-corrected chi connectivity index (χ0v) is 7.00. The van der Waals surface area contributed by atoms with Crippen molar-refractivity contribution in [3.63, 3.8) is 0 Å². The fraction of sp³-hybridized carbons (Fsp3) is 0. The Balaban J connectivity index is -0.0000000112. The summed E-state index contributed by atoms with van der Waals surface area (Å²) >= 11 is 0. The van der Waals surface area contributed by atoms with Crippen LogP contribution in [0.25, 0.3) is 0 Å². The topological polar surface area (TPSA) is 121 Å². The Labute approximate surface area is 66.6 Å². The molecule has 12 heteroatoms. The van der Waals surface area contributed by atoms with Crippen molar-refractivity contribution in [1.82, 2.24) is 0 Å². The van der Waals surface area contributed by atoms with Crippen LogP contribution in [-0.4, -0.2) is 29.4 Å². The fourth-order valence-electron chi connectivity index (χ4n) is 0. The van der Waals surface area contributed by atoms with Crippen LogP contribution in [-0.2, 0) is 0 Å². The standard InChI is InChI=1S/4FH.2H3O3P/c;;;;2*1-4(2)3/h4*1H;2*1-3H. The molecule has 0 saturated carbocycles. The van der Waals surface area contributed by atoms with Gasteiger partial charge in [-0.3, -0.25) is 18.8 Å². The molecule has 0 spiro atoms. The Morgan fingerprint density at radius 1 is 0.417 bits per heavy atom. The summed E-state index contributed by atoms with van der Waals surface area (Å²) in [6.45, 7) is 0. The third-order valence-corrected chi connectivity index (χ3v) is 0. The van der Waals surface area contributed by atoms with Gasteiger partial charge in [-0.25, -0.2) is 0 Å². The maximum atomic E-state index is 7.23.